The summed E-state index contributed by atoms with van der Waals surface area (Å²) in [5.41, 5.74) is 0. The average Bonchev–Trinajstić information content (AvgIpc) is 2.39. The fraction of sp³-hybridized carbons (Fsp3) is 1.00. The minimum Gasteiger partial charge on any atom is -0.314 e. The summed E-state index contributed by atoms with van der Waals surface area (Å²) >= 11 is 2.15. The normalized spacial score (nSPS) is 32.3. The molecule has 2 aliphatic rings. The van der Waals surface area contributed by atoms with Crippen LogP contribution in [0, 0.1) is 17.8 Å². The molecule has 0 amide bonds. The zero-order chi connectivity index (χ0) is 12.8. The van der Waals surface area contributed by atoms with Crippen molar-refractivity contribution in [2.45, 2.75) is 64.8 Å². The third-order valence-corrected chi connectivity index (χ3v) is 5.99. The predicted octanol–water partition coefficient (Wildman–Crippen LogP) is 4.32. The molecule has 1 nitrogen and oxygen atoms in total. The maximum Gasteiger partial charge on any atom is 0.00979 e. The van der Waals surface area contributed by atoms with Crippen molar-refractivity contribution < 1.29 is 0 Å². The van der Waals surface area contributed by atoms with E-state index in [1.165, 1.54) is 56.5 Å². The number of thioether (sulfide) groups is 1. The summed E-state index contributed by atoms with van der Waals surface area (Å²) in [5, 5.41) is 3.81. The molecule has 1 heterocycles. The summed E-state index contributed by atoms with van der Waals surface area (Å²) < 4.78 is 0. The first-order chi connectivity index (χ1) is 8.79. The van der Waals surface area contributed by atoms with Crippen molar-refractivity contribution >= 4 is 11.8 Å². The lowest BCUT2D eigenvalue weighted by Gasteiger charge is -2.36. The van der Waals surface area contributed by atoms with Gasteiger partial charge in [-0.05, 0) is 67.9 Å². The molecule has 1 saturated carbocycles. The lowest BCUT2D eigenvalue weighted by Crippen LogP contribution is -2.40. The van der Waals surface area contributed by atoms with Crippen molar-refractivity contribution in [1.82, 2.24) is 5.32 Å². The molecule has 0 aromatic carbocycles. The highest BCUT2D eigenvalue weighted by molar-refractivity contribution is 7.99. The van der Waals surface area contributed by atoms with Gasteiger partial charge in [-0.25, -0.2) is 0 Å². The van der Waals surface area contributed by atoms with Crippen LogP contribution in [0.15, 0.2) is 0 Å². The Balaban J connectivity index is 1.85. The molecule has 0 spiro atoms. The van der Waals surface area contributed by atoms with Crippen LogP contribution >= 0.6 is 11.8 Å². The lowest BCUT2D eigenvalue weighted by molar-refractivity contribution is 0.197. The molecule has 0 bridgehead atoms. The van der Waals surface area contributed by atoms with Crippen LogP contribution in [0.1, 0.15) is 58.8 Å². The van der Waals surface area contributed by atoms with Crippen LogP contribution < -0.4 is 5.32 Å². The summed E-state index contributed by atoms with van der Waals surface area (Å²) in [5.74, 6) is 5.75. The molecule has 1 saturated heterocycles. The number of hydrogen-bond donors (Lipinski definition) is 1. The molecule has 2 fully saturated rings. The molecule has 1 aliphatic carbocycles. The largest absolute Gasteiger partial charge is 0.314 e. The SMILES string of the molecule is CCNC(CC1CCSCC1)C1CCCC(C)C1. The van der Waals surface area contributed by atoms with E-state index in [4.69, 9.17) is 0 Å². The zero-order valence-electron chi connectivity index (χ0n) is 12.3. The van der Waals surface area contributed by atoms with Gasteiger partial charge in [0.15, 0.2) is 0 Å². The van der Waals surface area contributed by atoms with E-state index < -0.39 is 0 Å². The third kappa shape index (κ3) is 4.45. The fourth-order valence-electron chi connectivity index (χ4n) is 3.89. The summed E-state index contributed by atoms with van der Waals surface area (Å²) in [7, 11) is 0. The number of rotatable bonds is 5. The van der Waals surface area contributed by atoms with Crippen LogP contribution in [-0.2, 0) is 0 Å². The minimum atomic E-state index is 0.811. The lowest BCUT2D eigenvalue weighted by atomic mass is 9.75. The Morgan fingerprint density at radius 3 is 2.61 bits per heavy atom. The first-order valence-electron chi connectivity index (χ1n) is 8.10. The average molecular weight is 269 g/mol. The second kappa shape index (κ2) is 7.79. The van der Waals surface area contributed by atoms with Crippen LogP contribution in [-0.4, -0.2) is 24.1 Å². The van der Waals surface area contributed by atoms with Gasteiger partial charge in [-0.1, -0.05) is 26.7 Å². The van der Waals surface area contributed by atoms with Gasteiger partial charge in [0.25, 0.3) is 0 Å². The fourth-order valence-corrected chi connectivity index (χ4v) is 5.10. The number of hydrogen-bond acceptors (Lipinski definition) is 2. The van der Waals surface area contributed by atoms with E-state index in [0.717, 1.165) is 30.3 Å². The molecular formula is C16H31NS. The van der Waals surface area contributed by atoms with E-state index in [2.05, 4.69) is 30.9 Å². The zero-order valence-corrected chi connectivity index (χ0v) is 13.1. The molecule has 0 aromatic rings. The molecule has 18 heavy (non-hydrogen) atoms. The van der Waals surface area contributed by atoms with E-state index in [1.54, 1.807) is 0 Å². The third-order valence-electron chi connectivity index (χ3n) is 4.94. The van der Waals surface area contributed by atoms with Crippen molar-refractivity contribution in [2.75, 3.05) is 18.1 Å². The van der Waals surface area contributed by atoms with Crippen molar-refractivity contribution in [3.63, 3.8) is 0 Å². The second-order valence-electron chi connectivity index (χ2n) is 6.49. The van der Waals surface area contributed by atoms with Crippen molar-refractivity contribution in [1.29, 1.82) is 0 Å². The second-order valence-corrected chi connectivity index (χ2v) is 7.71. The van der Waals surface area contributed by atoms with Gasteiger partial charge in [0, 0.05) is 6.04 Å². The molecular weight excluding hydrogens is 238 g/mol. The van der Waals surface area contributed by atoms with Crippen LogP contribution in [0.5, 0.6) is 0 Å². The first kappa shape index (κ1) is 14.7. The van der Waals surface area contributed by atoms with E-state index in [-0.39, 0.29) is 0 Å². The Morgan fingerprint density at radius 2 is 1.94 bits per heavy atom. The predicted molar refractivity (Wildman–Crippen MR) is 83.3 cm³/mol. The van der Waals surface area contributed by atoms with Gasteiger partial charge in [-0.2, -0.15) is 11.8 Å². The summed E-state index contributed by atoms with van der Waals surface area (Å²) in [4.78, 5) is 0. The first-order valence-corrected chi connectivity index (χ1v) is 9.26. The van der Waals surface area contributed by atoms with Crippen molar-refractivity contribution in [3.05, 3.63) is 0 Å². The number of nitrogens with one attached hydrogen (secondary N) is 1. The summed E-state index contributed by atoms with van der Waals surface area (Å²) in [6.07, 6.45) is 10.3. The Bertz CT molecular complexity index is 225. The van der Waals surface area contributed by atoms with Gasteiger partial charge < -0.3 is 5.32 Å². The minimum absolute atomic E-state index is 0.811. The smallest absolute Gasteiger partial charge is 0.00979 e. The monoisotopic (exact) mass is 269 g/mol. The van der Waals surface area contributed by atoms with Crippen LogP contribution in [0.25, 0.3) is 0 Å². The van der Waals surface area contributed by atoms with Crippen molar-refractivity contribution in [2.24, 2.45) is 17.8 Å². The highest BCUT2D eigenvalue weighted by Gasteiger charge is 2.28. The quantitative estimate of drug-likeness (QED) is 0.797. The van der Waals surface area contributed by atoms with Crippen molar-refractivity contribution in [3.8, 4) is 0 Å². The van der Waals surface area contributed by atoms with Gasteiger partial charge in [-0.15, -0.1) is 0 Å². The van der Waals surface area contributed by atoms with Crippen LogP contribution in [0.2, 0.25) is 0 Å². The molecule has 0 radical (unpaired) electrons. The standard InChI is InChI=1S/C16H31NS/c1-3-17-16(12-14-7-9-18-10-8-14)15-6-4-5-13(2)11-15/h13-17H,3-12H2,1-2H3. The van der Waals surface area contributed by atoms with Gasteiger partial charge in [0.2, 0.25) is 0 Å². The Kier molecular flexibility index (Phi) is 6.37. The summed E-state index contributed by atoms with van der Waals surface area (Å²) in [6.45, 7) is 5.87. The Hall–Kier alpha value is 0.310. The molecule has 3 atom stereocenters. The maximum atomic E-state index is 3.81. The van der Waals surface area contributed by atoms with E-state index in [0.29, 0.717) is 0 Å². The molecule has 2 heteroatoms. The highest BCUT2D eigenvalue weighted by Crippen LogP contribution is 2.35. The van der Waals surface area contributed by atoms with E-state index >= 15 is 0 Å². The maximum absolute atomic E-state index is 3.81. The van der Waals surface area contributed by atoms with E-state index in [1.807, 2.05) is 0 Å². The van der Waals surface area contributed by atoms with E-state index in [9.17, 15) is 0 Å². The highest BCUT2D eigenvalue weighted by atomic mass is 32.2. The molecule has 1 aliphatic heterocycles. The topological polar surface area (TPSA) is 12.0 Å². The van der Waals surface area contributed by atoms with Gasteiger partial charge in [-0.3, -0.25) is 0 Å². The molecule has 0 aromatic heterocycles. The van der Waals surface area contributed by atoms with Gasteiger partial charge >= 0.3 is 0 Å². The van der Waals surface area contributed by atoms with Crippen LogP contribution in [0.3, 0.4) is 0 Å². The summed E-state index contributed by atoms with van der Waals surface area (Å²) in [6, 6.07) is 0.811. The Labute approximate surface area is 118 Å². The molecule has 2 rings (SSSR count). The van der Waals surface area contributed by atoms with Crippen LogP contribution in [0.4, 0.5) is 0 Å². The molecule has 106 valence electrons. The molecule has 1 N–H and O–H groups in total. The van der Waals surface area contributed by atoms with Gasteiger partial charge in [0.05, 0.1) is 0 Å². The van der Waals surface area contributed by atoms with Gasteiger partial charge in [0.1, 0.15) is 0 Å². The molecule has 3 unspecified atom stereocenters. The Morgan fingerprint density at radius 1 is 1.17 bits per heavy atom.